The number of hydrogen-bond acceptors (Lipinski definition) is 3. The summed E-state index contributed by atoms with van der Waals surface area (Å²) >= 11 is 9.40. The third-order valence-electron chi connectivity index (χ3n) is 3.83. The quantitative estimate of drug-likeness (QED) is 0.720. The van der Waals surface area contributed by atoms with Crippen LogP contribution in [0.5, 0.6) is 0 Å². The van der Waals surface area contributed by atoms with Crippen LogP contribution in [0.4, 0.5) is 0 Å². The molecule has 0 radical (unpaired) electrons. The molecule has 0 spiro atoms. The zero-order chi connectivity index (χ0) is 13.8. The van der Waals surface area contributed by atoms with Gasteiger partial charge in [-0.3, -0.25) is 0 Å². The summed E-state index contributed by atoms with van der Waals surface area (Å²) in [7, 11) is 0. The predicted molar refractivity (Wildman–Crippen MR) is 91.1 cm³/mol. The van der Waals surface area contributed by atoms with Gasteiger partial charge in [0.1, 0.15) is 0 Å². The number of thiophene rings is 2. The summed E-state index contributed by atoms with van der Waals surface area (Å²) in [6.07, 6.45) is 2.33. The Hall–Kier alpha value is -0.610. The molecule has 3 heterocycles. The summed E-state index contributed by atoms with van der Waals surface area (Å²) in [6, 6.07) is 4.49. The van der Waals surface area contributed by atoms with E-state index in [-0.39, 0.29) is 0 Å². The molecule has 1 aliphatic heterocycles. The minimum Gasteiger partial charge on any atom is -0.302 e. The standard InChI is InChI=1S/C16H18ClNS2/c17-5-8-18-6-1-13(2-7-18)16(14-3-9-19-11-14)15-4-10-20-12-15/h3-4,9-12H,1-2,5-8H2. The van der Waals surface area contributed by atoms with Crippen LogP contribution >= 0.6 is 34.3 Å². The summed E-state index contributed by atoms with van der Waals surface area (Å²) in [5.74, 6) is 0.737. The topological polar surface area (TPSA) is 3.24 Å². The van der Waals surface area contributed by atoms with Crippen LogP contribution in [0.1, 0.15) is 24.0 Å². The SMILES string of the molecule is ClCCN1CCC(=C(c2ccsc2)c2ccsc2)CC1. The predicted octanol–water partition coefficient (Wildman–Crippen LogP) is 4.95. The highest BCUT2D eigenvalue weighted by Gasteiger charge is 2.18. The lowest BCUT2D eigenvalue weighted by Gasteiger charge is -2.29. The smallest absolute Gasteiger partial charge is 0.0351 e. The van der Waals surface area contributed by atoms with Gasteiger partial charge in [0.15, 0.2) is 0 Å². The average molecular weight is 324 g/mol. The number of likely N-dealkylation sites (tertiary alicyclic amines) is 1. The van der Waals surface area contributed by atoms with E-state index < -0.39 is 0 Å². The zero-order valence-electron chi connectivity index (χ0n) is 11.3. The van der Waals surface area contributed by atoms with Gasteiger partial charge in [0.25, 0.3) is 0 Å². The van der Waals surface area contributed by atoms with Crippen molar-refractivity contribution in [2.75, 3.05) is 25.5 Å². The number of rotatable bonds is 4. The van der Waals surface area contributed by atoms with Gasteiger partial charge in [0.2, 0.25) is 0 Å². The molecule has 3 rings (SSSR count). The molecular weight excluding hydrogens is 306 g/mol. The van der Waals surface area contributed by atoms with Gasteiger partial charge in [0.05, 0.1) is 0 Å². The molecule has 0 N–H and O–H groups in total. The fraction of sp³-hybridized carbons (Fsp3) is 0.375. The fourth-order valence-electron chi connectivity index (χ4n) is 2.80. The monoisotopic (exact) mass is 323 g/mol. The van der Waals surface area contributed by atoms with Crippen LogP contribution in [-0.4, -0.2) is 30.4 Å². The lowest BCUT2D eigenvalue weighted by molar-refractivity contribution is 0.272. The van der Waals surface area contributed by atoms with Crippen LogP contribution in [0, 0.1) is 0 Å². The maximum Gasteiger partial charge on any atom is 0.0351 e. The summed E-state index contributed by atoms with van der Waals surface area (Å²) in [6.45, 7) is 3.29. The van der Waals surface area contributed by atoms with Crippen molar-refractivity contribution in [3.63, 3.8) is 0 Å². The molecule has 106 valence electrons. The number of piperidine rings is 1. The third kappa shape index (κ3) is 3.17. The highest BCUT2D eigenvalue weighted by atomic mass is 35.5. The second-order valence-electron chi connectivity index (χ2n) is 5.03. The molecule has 4 heteroatoms. The Morgan fingerprint density at radius 2 is 1.65 bits per heavy atom. The Morgan fingerprint density at radius 3 is 2.10 bits per heavy atom. The summed E-state index contributed by atoms with van der Waals surface area (Å²) < 4.78 is 0. The van der Waals surface area contributed by atoms with Crippen molar-refractivity contribution in [3.05, 3.63) is 50.4 Å². The summed E-state index contributed by atoms with van der Waals surface area (Å²) in [5.41, 5.74) is 5.84. The van der Waals surface area contributed by atoms with E-state index in [4.69, 9.17) is 11.6 Å². The van der Waals surface area contributed by atoms with Gasteiger partial charge in [-0.05, 0) is 63.2 Å². The number of halogens is 1. The van der Waals surface area contributed by atoms with Crippen LogP contribution < -0.4 is 0 Å². The Bertz CT molecular complexity index is 511. The molecule has 2 aromatic rings. The first kappa shape index (κ1) is 14.3. The molecule has 0 atom stereocenters. The van der Waals surface area contributed by atoms with E-state index in [1.807, 2.05) is 0 Å². The molecule has 1 saturated heterocycles. The third-order valence-corrected chi connectivity index (χ3v) is 5.37. The molecule has 1 aliphatic rings. The van der Waals surface area contributed by atoms with E-state index in [0.29, 0.717) is 0 Å². The molecule has 0 saturated carbocycles. The molecule has 20 heavy (non-hydrogen) atoms. The van der Waals surface area contributed by atoms with Crippen LogP contribution in [0.2, 0.25) is 0 Å². The Kier molecular flexibility index (Phi) is 4.94. The Balaban J connectivity index is 1.88. The van der Waals surface area contributed by atoms with Gasteiger partial charge in [-0.15, -0.1) is 11.6 Å². The second-order valence-corrected chi connectivity index (χ2v) is 6.97. The number of alkyl halides is 1. The minimum atomic E-state index is 0.737. The van der Waals surface area contributed by atoms with Gasteiger partial charge in [-0.2, -0.15) is 22.7 Å². The first-order valence-corrected chi connectivity index (χ1v) is 9.36. The van der Waals surface area contributed by atoms with E-state index in [9.17, 15) is 0 Å². The van der Waals surface area contributed by atoms with Gasteiger partial charge >= 0.3 is 0 Å². The lowest BCUT2D eigenvalue weighted by atomic mass is 9.91. The first-order chi connectivity index (χ1) is 9.88. The van der Waals surface area contributed by atoms with E-state index in [1.165, 1.54) is 16.7 Å². The molecule has 0 unspecified atom stereocenters. The van der Waals surface area contributed by atoms with Crippen LogP contribution in [0.15, 0.2) is 39.2 Å². The summed E-state index contributed by atoms with van der Waals surface area (Å²) in [4.78, 5) is 2.47. The second kappa shape index (κ2) is 6.90. The molecule has 0 aromatic carbocycles. The maximum atomic E-state index is 5.85. The van der Waals surface area contributed by atoms with Crippen molar-refractivity contribution >= 4 is 39.8 Å². The highest BCUT2D eigenvalue weighted by Crippen LogP contribution is 2.34. The van der Waals surface area contributed by atoms with Crippen LogP contribution in [-0.2, 0) is 0 Å². The largest absolute Gasteiger partial charge is 0.302 e. The molecule has 1 nitrogen and oxygen atoms in total. The molecule has 0 bridgehead atoms. The van der Waals surface area contributed by atoms with Crippen molar-refractivity contribution in [2.45, 2.75) is 12.8 Å². The van der Waals surface area contributed by atoms with Crippen molar-refractivity contribution < 1.29 is 0 Å². The van der Waals surface area contributed by atoms with Crippen molar-refractivity contribution in [2.24, 2.45) is 0 Å². The fourth-order valence-corrected chi connectivity index (χ4v) is 4.34. The van der Waals surface area contributed by atoms with Gasteiger partial charge < -0.3 is 4.90 Å². The molecule has 0 amide bonds. The lowest BCUT2D eigenvalue weighted by Crippen LogP contribution is -2.32. The van der Waals surface area contributed by atoms with Crippen molar-refractivity contribution in [1.82, 2.24) is 4.90 Å². The average Bonchev–Trinajstić information content (AvgIpc) is 3.15. The highest BCUT2D eigenvalue weighted by molar-refractivity contribution is 7.08. The molecule has 1 fully saturated rings. The normalized spacial score (nSPS) is 16.6. The maximum absolute atomic E-state index is 5.85. The van der Waals surface area contributed by atoms with Gasteiger partial charge in [-0.1, -0.05) is 5.57 Å². The van der Waals surface area contributed by atoms with E-state index in [2.05, 4.69) is 38.6 Å². The molecule has 2 aromatic heterocycles. The number of nitrogens with zero attached hydrogens (tertiary/aromatic N) is 1. The zero-order valence-corrected chi connectivity index (χ0v) is 13.7. The van der Waals surface area contributed by atoms with E-state index in [1.54, 1.807) is 28.2 Å². The van der Waals surface area contributed by atoms with E-state index >= 15 is 0 Å². The molecular formula is C16H18ClNS2. The summed E-state index contributed by atoms with van der Waals surface area (Å²) in [5, 5.41) is 8.88. The van der Waals surface area contributed by atoms with E-state index in [0.717, 1.165) is 38.4 Å². The van der Waals surface area contributed by atoms with Crippen LogP contribution in [0.3, 0.4) is 0 Å². The Morgan fingerprint density at radius 1 is 1.05 bits per heavy atom. The van der Waals surface area contributed by atoms with Gasteiger partial charge in [0, 0.05) is 25.5 Å². The first-order valence-electron chi connectivity index (χ1n) is 6.94. The molecule has 0 aliphatic carbocycles. The minimum absolute atomic E-state index is 0.737. The van der Waals surface area contributed by atoms with Crippen molar-refractivity contribution in [1.29, 1.82) is 0 Å². The van der Waals surface area contributed by atoms with Crippen molar-refractivity contribution in [3.8, 4) is 0 Å². The van der Waals surface area contributed by atoms with Crippen LogP contribution in [0.25, 0.3) is 5.57 Å². The van der Waals surface area contributed by atoms with Gasteiger partial charge in [-0.25, -0.2) is 0 Å². The number of hydrogen-bond donors (Lipinski definition) is 0. The Labute approximate surface area is 133 Å².